The predicted molar refractivity (Wildman–Crippen MR) is 126 cm³/mol. The molecule has 2 aromatic rings. The normalized spacial score (nSPS) is 21.0. The van der Waals surface area contributed by atoms with E-state index in [1.807, 2.05) is 0 Å². The number of nitrogens with zero attached hydrogens (tertiary/aromatic N) is 1. The van der Waals surface area contributed by atoms with Gasteiger partial charge < -0.3 is 10.1 Å². The van der Waals surface area contributed by atoms with Crippen molar-refractivity contribution in [1.29, 1.82) is 0 Å². The van der Waals surface area contributed by atoms with Crippen molar-refractivity contribution in [2.24, 2.45) is 4.99 Å². The van der Waals surface area contributed by atoms with E-state index >= 15 is 0 Å². The molecule has 3 nitrogen and oxygen atoms in total. The number of nitrogens with one attached hydrogen (secondary N) is 1. The van der Waals surface area contributed by atoms with Crippen molar-refractivity contribution in [1.82, 2.24) is 5.32 Å². The number of hydrogen-bond acceptors (Lipinski definition) is 3. The van der Waals surface area contributed by atoms with Crippen molar-refractivity contribution < 1.29 is 13.5 Å². The predicted octanol–water partition coefficient (Wildman–Crippen LogP) is 6.37. The number of halogens is 2. The van der Waals surface area contributed by atoms with E-state index < -0.39 is 11.6 Å². The van der Waals surface area contributed by atoms with Gasteiger partial charge in [-0.25, -0.2) is 13.8 Å². The second kappa shape index (κ2) is 10.4. The Morgan fingerprint density at radius 3 is 2.44 bits per heavy atom. The molecule has 0 bridgehead atoms. The maximum Gasteiger partial charge on any atom is 0.170 e. The van der Waals surface area contributed by atoms with Crippen molar-refractivity contribution in [2.45, 2.75) is 64.4 Å². The topological polar surface area (TPSA) is 33.6 Å². The van der Waals surface area contributed by atoms with Gasteiger partial charge in [-0.05, 0) is 54.0 Å². The third-order valence-corrected chi connectivity index (χ3v) is 6.45. The van der Waals surface area contributed by atoms with Crippen LogP contribution in [0.4, 0.5) is 8.78 Å². The van der Waals surface area contributed by atoms with E-state index in [1.165, 1.54) is 5.56 Å². The lowest BCUT2D eigenvalue weighted by atomic mass is 9.89. The van der Waals surface area contributed by atoms with Gasteiger partial charge in [-0.1, -0.05) is 57.0 Å². The molecule has 1 fully saturated rings. The maximum atomic E-state index is 15.0. The van der Waals surface area contributed by atoms with Crippen LogP contribution >= 0.6 is 0 Å². The Balaban J connectivity index is 1.49. The summed E-state index contributed by atoms with van der Waals surface area (Å²) in [6.45, 7) is 5.26. The fraction of sp³-hybridized carbons (Fsp3) is 0.444. The summed E-state index contributed by atoms with van der Waals surface area (Å²) in [5.41, 5.74) is 3.99. The van der Waals surface area contributed by atoms with Crippen molar-refractivity contribution in [3.05, 3.63) is 76.5 Å². The first-order chi connectivity index (χ1) is 15.6. The quantitative estimate of drug-likeness (QED) is 0.545. The smallest absolute Gasteiger partial charge is 0.170 e. The summed E-state index contributed by atoms with van der Waals surface area (Å²) in [5.74, 6) is -1.36. The van der Waals surface area contributed by atoms with Crippen LogP contribution in [0.2, 0.25) is 0 Å². The van der Waals surface area contributed by atoms with Gasteiger partial charge in [0, 0.05) is 18.7 Å². The summed E-state index contributed by atoms with van der Waals surface area (Å²) in [6, 6.07) is 11.8. The van der Waals surface area contributed by atoms with Crippen molar-refractivity contribution in [2.75, 3.05) is 13.2 Å². The standard InChI is InChI=1S/C27H32F2N2O/c1-3-5-18-7-9-19(10-8-18)21-15-30-27(31-16-21)24-14-13-23(25(28)26(24)29)20-11-12-22(6-4-2)32-17-20/h7-10,13-15,20,22H,3-6,11-12,16-17H2,1-2H3,(H,30,31). The van der Waals surface area contributed by atoms with Gasteiger partial charge in [-0.3, -0.25) is 0 Å². The molecular formula is C27H32F2N2O. The SMILES string of the molecule is CCCc1ccc(C2=CN=C(c3ccc(C4CCC(CCC)OC4)c(F)c3F)NC2)cc1. The molecule has 2 heterocycles. The molecule has 0 saturated carbocycles. The molecule has 170 valence electrons. The van der Waals surface area contributed by atoms with Crippen LogP contribution in [-0.4, -0.2) is 25.1 Å². The van der Waals surface area contributed by atoms with Crippen LogP contribution in [0.15, 0.2) is 47.6 Å². The lowest BCUT2D eigenvalue weighted by Crippen LogP contribution is -2.30. The summed E-state index contributed by atoms with van der Waals surface area (Å²) in [7, 11) is 0. The lowest BCUT2D eigenvalue weighted by molar-refractivity contribution is -0.00182. The van der Waals surface area contributed by atoms with E-state index in [-0.39, 0.29) is 17.6 Å². The number of amidine groups is 1. The molecule has 4 rings (SSSR count). The molecule has 0 amide bonds. The number of ether oxygens (including phenoxy) is 1. The minimum absolute atomic E-state index is 0.102. The third-order valence-electron chi connectivity index (χ3n) is 6.45. The van der Waals surface area contributed by atoms with Gasteiger partial charge in [0.15, 0.2) is 11.6 Å². The summed E-state index contributed by atoms with van der Waals surface area (Å²) in [5, 5.41) is 3.16. The molecule has 0 aromatic heterocycles. The van der Waals surface area contributed by atoms with Crippen molar-refractivity contribution in [3.8, 4) is 0 Å². The van der Waals surface area contributed by atoms with Crippen LogP contribution in [0, 0.1) is 11.6 Å². The first-order valence-electron chi connectivity index (χ1n) is 11.8. The number of rotatable bonds is 7. The molecule has 0 aliphatic carbocycles. The number of aryl methyl sites for hydroxylation is 1. The second-order valence-corrected chi connectivity index (χ2v) is 8.78. The van der Waals surface area contributed by atoms with Crippen LogP contribution in [-0.2, 0) is 11.2 Å². The van der Waals surface area contributed by atoms with Crippen molar-refractivity contribution >= 4 is 11.4 Å². The lowest BCUT2D eigenvalue weighted by Gasteiger charge is -2.29. The molecule has 32 heavy (non-hydrogen) atoms. The Labute approximate surface area is 189 Å². The summed E-state index contributed by atoms with van der Waals surface area (Å²) in [6.07, 6.45) is 7.97. The van der Waals surface area contributed by atoms with E-state index in [0.717, 1.165) is 49.7 Å². The summed E-state index contributed by atoms with van der Waals surface area (Å²) in [4.78, 5) is 4.40. The van der Waals surface area contributed by atoms with Crippen LogP contribution in [0.5, 0.6) is 0 Å². The molecule has 2 aliphatic rings. The zero-order chi connectivity index (χ0) is 22.5. The highest BCUT2D eigenvalue weighted by atomic mass is 19.2. The van der Waals surface area contributed by atoms with Gasteiger partial charge in [0.2, 0.25) is 0 Å². The maximum absolute atomic E-state index is 15.0. The molecule has 0 spiro atoms. The molecule has 2 unspecified atom stereocenters. The molecule has 5 heteroatoms. The highest BCUT2D eigenvalue weighted by Crippen LogP contribution is 2.33. The Morgan fingerprint density at radius 1 is 1.00 bits per heavy atom. The third kappa shape index (κ3) is 4.93. The molecule has 2 aromatic carbocycles. The zero-order valence-electron chi connectivity index (χ0n) is 19.0. The Kier molecular flexibility index (Phi) is 7.36. The minimum Gasteiger partial charge on any atom is -0.378 e. The summed E-state index contributed by atoms with van der Waals surface area (Å²) < 4.78 is 35.8. The van der Waals surface area contributed by atoms with Crippen LogP contribution in [0.25, 0.3) is 5.57 Å². The van der Waals surface area contributed by atoms with Gasteiger partial charge in [-0.15, -0.1) is 0 Å². The number of hydrogen-bond donors (Lipinski definition) is 1. The number of benzene rings is 2. The first kappa shape index (κ1) is 22.7. The number of aliphatic imine (C=N–C) groups is 1. The van der Waals surface area contributed by atoms with Gasteiger partial charge in [0.25, 0.3) is 0 Å². The zero-order valence-corrected chi connectivity index (χ0v) is 19.0. The van der Waals surface area contributed by atoms with E-state index in [1.54, 1.807) is 18.3 Å². The van der Waals surface area contributed by atoms with Gasteiger partial charge >= 0.3 is 0 Å². The van der Waals surface area contributed by atoms with E-state index in [2.05, 4.69) is 48.4 Å². The molecular weight excluding hydrogens is 406 g/mol. The average molecular weight is 439 g/mol. The van der Waals surface area contributed by atoms with Crippen LogP contribution < -0.4 is 5.32 Å². The second-order valence-electron chi connectivity index (χ2n) is 8.78. The molecule has 2 atom stereocenters. The van der Waals surface area contributed by atoms with Gasteiger partial charge in [0.05, 0.1) is 18.3 Å². The Hall–Kier alpha value is -2.53. The van der Waals surface area contributed by atoms with Crippen molar-refractivity contribution in [3.63, 3.8) is 0 Å². The summed E-state index contributed by atoms with van der Waals surface area (Å²) >= 11 is 0. The molecule has 2 aliphatic heterocycles. The highest BCUT2D eigenvalue weighted by Gasteiger charge is 2.27. The Bertz CT molecular complexity index is 989. The van der Waals surface area contributed by atoms with Gasteiger partial charge in [-0.2, -0.15) is 0 Å². The van der Waals surface area contributed by atoms with E-state index in [0.29, 0.717) is 24.6 Å². The minimum atomic E-state index is -0.842. The Morgan fingerprint density at radius 2 is 1.81 bits per heavy atom. The molecule has 1 saturated heterocycles. The van der Waals surface area contributed by atoms with Crippen LogP contribution in [0.3, 0.4) is 0 Å². The van der Waals surface area contributed by atoms with E-state index in [4.69, 9.17) is 4.74 Å². The fourth-order valence-corrected chi connectivity index (χ4v) is 4.59. The highest BCUT2D eigenvalue weighted by molar-refractivity contribution is 6.01. The first-order valence-corrected chi connectivity index (χ1v) is 11.8. The average Bonchev–Trinajstić information content (AvgIpc) is 2.83. The largest absolute Gasteiger partial charge is 0.378 e. The molecule has 0 radical (unpaired) electrons. The molecule has 1 N–H and O–H groups in total. The monoisotopic (exact) mass is 438 g/mol. The fourth-order valence-electron chi connectivity index (χ4n) is 4.59. The van der Waals surface area contributed by atoms with Gasteiger partial charge in [0.1, 0.15) is 5.84 Å². The van der Waals surface area contributed by atoms with E-state index in [9.17, 15) is 8.78 Å². The van der Waals surface area contributed by atoms with Crippen LogP contribution in [0.1, 0.15) is 74.1 Å².